The molecule has 0 saturated heterocycles. The molecule has 0 radical (unpaired) electrons. The third kappa shape index (κ3) is 3.81. The van der Waals surface area contributed by atoms with Gasteiger partial charge in [0, 0.05) is 0 Å². The molecule has 4 nitrogen and oxygen atoms in total. The summed E-state index contributed by atoms with van der Waals surface area (Å²) in [7, 11) is 0. The highest BCUT2D eigenvalue weighted by Gasteiger charge is 2.26. The molecule has 0 aliphatic carbocycles. The Balaban J connectivity index is 2.02. The van der Waals surface area contributed by atoms with Crippen LogP contribution < -0.4 is 15.6 Å². The van der Waals surface area contributed by atoms with E-state index >= 15 is 0 Å². The molecule has 0 atom stereocenters. The molecule has 2 N–H and O–H groups in total. The number of carbonyl (C=O) groups excluding carboxylic acids is 1. The van der Waals surface area contributed by atoms with Crippen molar-refractivity contribution in [3.05, 3.63) is 58.4 Å². The summed E-state index contributed by atoms with van der Waals surface area (Å²) in [6.45, 7) is 3.08. The highest BCUT2D eigenvalue weighted by molar-refractivity contribution is 5.79. The number of aryl methyl sites for hydroxylation is 1. The Morgan fingerprint density at radius 2 is 1.52 bits per heavy atom. The van der Waals surface area contributed by atoms with Crippen molar-refractivity contribution in [2.45, 2.75) is 13.8 Å². The second-order valence-electron chi connectivity index (χ2n) is 5.10. The summed E-state index contributed by atoms with van der Waals surface area (Å²) in [4.78, 5) is 11.6. The van der Waals surface area contributed by atoms with Gasteiger partial charge in [-0.25, -0.2) is 22.0 Å². The van der Waals surface area contributed by atoms with E-state index in [9.17, 15) is 26.7 Å². The Morgan fingerprint density at radius 3 is 2.12 bits per heavy atom. The van der Waals surface area contributed by atoms with E-state index in [1.807, 2.05) is 18.4 Å². The van der Waals surface area contributed by atoms with Gasteiger partial charge in [0.25, 0.3) is 5.91 Å². The minimum absolute atomic E-state index is 0.423. The van der Waals surface area contributed by atoms with Crippen LogP contribution in [0.2, 0.25) is 0 Å². The molecule has 2 aromatic rings. The SMILES string of the molecule is Cc1cccc(OCC(=O)NNc2c(F)c(F)c(F)c(F)c2F)c1C. The average molecular weight is 360 g/mol. The predicted molar refractivity (Wildman–Crippen MR) is 79.4 cm³/mol. The van der Waals surface area contributed by atoms with Gasteiger partial charge in [-0.3, -0.25) is 15.6 Å². The van der Waals surface area contributed by atoms with Gasteiger partial charge >= 0.3 is 0 Å². The normalized spacial score (nSPS) is 10.5. The van der Waals surface area contributed by atoms with Crippen LogP contribution >= 0.6 is 0 Å². The second kappa shape index (κ2) is 7.37. The number of hydrazine groups is 1. The number of amides is 1. The molecule has 134 valence electrons. The van der Waals surface area contributed by atoms with Crippen LogP contribution in [0.3, 0.4) is 0 Å². The topological polar surface area (TPSA) is 50.4 Å². The molecule has 1 amide bonds. The molecule has 25 heavy (non-hydrogen) atoms. The molecular formula is C16H13F5N2O2. The number of carbonyl (C=O) groups is 1. The molecular weight excluding hydrogens is 347 g/mol. The average Bonchev–Trinajstić information content (AvgIpc) is 2.59. The number of rotatable bonds is 5. The minimum atomic E-state index is -2.29. The zero-order chi connectivity index (χ0) is 18.7. The first-order chi connectivity index (χ1) is 11.7. The van der Waals surface area contributed by atoms with Gasteiger partial charge in [0.05, 0.1) is 0 Å². The highest BCUT2D eigenvalue weighted by Crippen LogP contribution is 2.26. The third-order valence-electron chi connectivity index (χ3n) is 3.45. The Bertz CT molecular complexity index is 798. The molecule has 0 aliphatic rings. The lowest BCUT2D eigenvalue weighted by Gasteiger charge is -2.13. The van der Waals surface area contributed by atoms with Crippen molar-refractivity contribution in [2.24, 2.45) is 0 Å². The molecule has 2 rings (SSSR count). The summed E-state index contributed by atoms with van der Waals surface area (Å²) in [6.07, 6.45) is 0. The van der Waals surface area contributed by atoms with E-state index in [-0.39, 0.29) is 0 Å². The first kappa shape index (κ1) is 18.5. The summed E-state index contributed by atoms with van der Waals surface area (Å²) >= 11 is 0. The number of halogens is 5. The first-order valence-corrected chi connectivity index (χ1v) is 6.99. The molecule has 0 heterocycles. The molecule has 0 unspecified atom stereocenters. The van der Waals surface area contributed by atoms with E-state index in [1.54, 1.807) is 24.5 Å². The molecule has 0 aliphatic heterocycles. The van der Waals surface area contributed by atoms with Crippen LogP contribution in [0, 0.1) is 42.9 Å². The fourth-order valence-corrected chi connectivity index (χ4v) is 1.91. The summed E-state index contributed by atoms with van der Waals surface area (Å²) in [5.74, 6) is -11.2. The minimum Gasteiger partial charge on any atom is -0.483 e. The fraction of sp³-hybridized carbons (Fsp3) is 0.188. The van der Waals surface area contributed by atoms with Crippen molar-refractivity contribution in [1.29, 1.82) is 0 Å². The maximum absolute atomic E-state index is 13.4. The van der Waals surface area contributed by atoms with Crippen LogP contribution in [0.15, 0.2) is 18.2 Å². The van der Waals surface area contributed by atoms with Gasteiger partial charge < -0.3 is 4.74 Å². The van der Waals surface area contributed by atoms with Crippen molar-refractivity contribution in [3.63, 3.8) is 0 Å². The lowest BCUT2D eigenvalue weighted by Crippen LogP contribution is -2.34. The van der Waals surface area contributed by atoms with E-state index < -0.39 is 47.3 Å². The van der Waals surface area contributed by atoms with Crippen LogP contribution in [-0.4, -0.2) is 12.5 Å². The van der Waals surface area contributed by atoms with E-state index in [1.165, 1.54) is 0 Å². The summed E-state index contributed by atoms with van der Waals surface area (Å²) < 4.78 is 71.1. The summed E-state index contributed by atoms with van der Waals surface area (Å²) in [5, 5.41) is 0. The van der Waals surface area contributed by atoms with Crippen molar-refractivity contribution < 1.29 is 31.5 Å². The number of ether oxygens (including phenoxy) is 1. The summed E-state index contributed by atoms with van der Waals surface area (Å²) in [5.41, 5.74) is 3.84. The zero-order valence-electron chi connectivity index (χ0n) is 13.1. The first-order valence-electron chi connectivity index (χ1n) is 6.99. The largest absolute Gasteiger partial charge is 0.483 e. The monoisotopic (exact) mass is 360 g/mol. The van der Waals surface area contributed by atoms with Crippen molar-refractivity contribution in [3.8, 4) is 5.75 Å². The van der Waals surface area contributed by atoms with Gasteiger partial charge in [0.2, 0.25) is 5.82 Å². The van der Waals surface area contributed by atoms with E-state index in [2.05, 4.69) is 0 Å². The molecule has 0 bridgehead atoms. The van der Waals surface area contributed by atoms with Gasteiger partial charge in [-0.15, -0.1) is 0 Å². The van der Waals surface area contributed by atoms with Gasteiger partial charge in [-0.2, -0.15) is 0 Å². The van der Waals surface area contributed by atoms with E-state index in [0.717, 1.165) is 11.1 Å². The van der Waals surface area contributed by atoms with Gasteiger partial charge in [-0.05, 0) is 31.0 Å². The maximum atomic E-state index is 13.4. The molecule has 2 aromatic carbocycles. The van der Waals surface area contributed by atoms with E-state index in [4.69, 9.17) is 4.74 Å². The van der Waals surface area contributed by atoms with Crippen LogP contribution in [0.25, 0.3) is 0 Å². The standard InChI is InChI=1S/C16H13F5N2O2/c1-7-4-3-5-9(8(7)2)25-6-10(24)22-23-16-14(20)12(18)11(17)13(19)15(16)21/h3-5,23H,6H2,1-2H3,(H,22,24). The van der Waals surface area contributed by atoms with Crippen LogP contribution in [0.1, 0.15) is 11.1 Å². The Hall–Kier alpha value is -2.84. The fourth-order valence-electron chi connectivity index (χ4n) is 1.91. The lowest BCUT2D eigenvalue weighted by atomic mass is 10.1. The number of benzene rings is 2. The van der Waals surface area contributed by atoms with Gasteiger partial charge in [0.15, 0.2) is 29.9 Å². The molecule has 0 spiro atoms. The smallest absolute Gasteiger partial charge is 0.276 e. The number of anilines is 1. The Morgan fingerprint density at radius 1 is 0.960 bits per heavy atom. The van der Waals surface area contributed by atoms with Crippen molar-refractivity contribution in [2.75, 3.05) is 12.0 Å². The molecule has 0 saturated carbocycles. The predicted octanol–water partition coefficient (Wildman–Crippen LogP) is 3.52. The van der Waals surface area contributed by atoms with Gasteiger partial charge in [0.1, 0.15) is 11.4 Å². The lowest BCUT2D eigenvalue weighted by molar-refractivity contribution is -0.122. The molecule has 9 heteroatoms. The van der Waals surface area contributed by atoms with Crippen molar-refractivity contribution in [1.82, 2.24) is 5.43 Å². The summed E-state index contributed by atoms with van der Waals surface area (Å²) in [6, 6.07) is 5.17. The van der Waals surface area contributed by atoms with Gasteiger partial charge in [-0.1, -0.05) is 12.1 Å². The number of hydrogen-bond acceptors (Lipinski definition) is 3. The molecule has 0 fully saturated rings. The number of hydrogen-bond donors (Lipinski definition) is 2. The molecule has 0 aromatic heterocycles. The van der Waals surface area contributed by atoms with E-state index in [0.29, 0.717) is 5.75 Å². The zero-order valence-corrected chi connectivity index (χ0v) is 13.1. The van der Waals surface area contributed by atoms with Crippen LogP contribution in [0.4, 0.5) is 27.6 Å². The number of nitrogens with one attached hydrogen (secondary N) is 2. The maximum Gasteiger partial charge on any atom is 0.276 e. The van der Waals surface area contributed by atoms with Crippen molar-refractivity contribution >= 4 is 11.6 Å². The Labute approximate surface area is 139 Å². The quantitative estimate of drug-likeness (QED) is 0.371. The second-order valence-corrected chi connectivity index (χ2v) is 5.10. The third-order valence-corrected chi connectivity index (χ3v) is 3.45. The Kier molecular flexibility index (Phi) is 5.45. The van der Waals surface area contributed by atoms with Crippen LogP contribution in [0.5, 0.6) is 5.75 Å². The van der Waals surface area contributed by atoms with Crippen LogP contribution in [-0.2, 0) is 4.79 Å². The highest BCUT2D eigenvalue weighted by atomic mass is 19.2.